The van der Waals surface area contributed by atoms with E-state index in [-0.39, 0.29) is 12.2 Å². The fourth-order valence-electron chi connectivity index (χ4n) is 3.00. The Bertz CT molecular complexity index is 280. The number of fused-ring (bicyclic) bond motifs is 2. The smallest absolute Gasteiger partial charge is 0.410 e. The van der Waals surface area contributed by atoms with Crippen LogP contribution in [0.3, 0.4) is 0 Å². The van der Waals surface area contributed by atoms with Crippen LogP contribution in [0, 0.1) is 11.8 Å². The second-order valence-electron chi connectivity index (χ2n) is 6.48. The fraction of sp³-hybridized carbons (Fsp3) is 0.923. The first-order valence-corrected chi connectivity index (χ1v) is 6.49. The molecule has 2 rings (SSSR count). The molecule has 4 nitrogen and oxygen atoms in total. The van der Waals surface area contributed by atoms with Crippen molar-refractivity contribution < 1.29 is 14.6 Å². The van der Waals surface area contributed by atoms with Crippen LogP contribution in [0.15, 0.2) is 0 Å². The molecule has 3 atom stereocenters. The fourth-order valence-corrected chi connectivity index (χ4v) is 3.00. The van der Waals surface area contributed by atoms with E-state index >= 15 is 0 Å². The van der Waals surface area contributed by atoms with Crippen molar-refractivity contribution in [3.05, 3.63) is 0 Å². The van der Waals surface area contributed by atoms with Gasteiger partial charge in [0.15, 0.2) is 0 Å². The van der Waals surface area contributed by atoms with E-state index in [0.29, 0.717) is 11.8 Å². The zero-order chi connectivity index (χ0) is 12.6. The van der Waals surface area contributed by atoms with Crippen LogP contribution >= 0.6 is 0 Å². The number of carbonyl (C=O) groups excluding carboxylic acids is 1. The maximum atomic E-state index is 12.0. The first-order valence-electron chi connectivity index (χ1n) is 6.49. The van der Waals surface area contributed by atoms with E-state index in [0.717, 1.165) is 32.4 Å². The number of likely N-dealkylation sites (tertiary alicyclic amines) is 1. The van der Waals surface area contributed by atoms with Crippen molar-refractivity contribution in [2.24, 2.45) is 11.8 Å². The van der Waals surface area contributed by atoms with Gasteiger partial charge in [0.05, 0.1) is 6.10 Å². The number of piperidine rings is 1. The van der Waals surface area contributed by atoms with Gasteiger partial charge in [0.25, 0.3) is 0 Å². The van der Waals surface area contributed by atoms with Crippen LogP contribution < -0.4 is 0 Å². The molecule has 1 amide bonds. The Morgan fingerprint density at radius 3 is 2.18 bits per heavy atom. The van der Waals surface area contributed by atoms with Gasteiger partial charge in [0.2, 0.25) is 0 Å². The molecule has 0 radical (unpaired) electrons. The Morgan fingerprint density at radius 1 is 1.18 bits per heavy atom. The Morgan fingerprint density at radius 2 is 1.71 bits per heavy atom. The largest absolute Gasteiger partial charge is 0.444 e. The number of ether oxygens (including phenoxy) is 1. The molecule has 1 saturated carbocycles. The molecule has 0 spiro atoms. The number of aliphatic hydroxyl groups is 1. The molecular weight excluding hydrogens is 218 g/mol. The molecule has 17 heavy (non-hydrogen) atoms. The molecular formula is C13H23NO3. The molecule has 0 aromatic rings. The second kappa shape index (κ2) is 4.48. The van der Waals surface area contributed by atoms with Crippen molar-refractivity contribution in [2.75, 3.05) is 13.1 Å². The lowest BCUT2D eigenvalue weighted by Crippen LogP contribution is -2.49. The van der Waals surface area contributed by atoms with E-state index in [1.54, 1.807) is 0 Å². The van der Waals surface area contributed by atoms with Gasteiger partial charge in [-0.15, -0.1) is 0 Å². The predicted molar refractivity (Wildman–Crippen MR) is 64.6 cm³/mol. The molecule has 1 N–H and O–H groups in total. The van der Waals surface area contributed by atoms with E-state index in [4.69, 9.17) is 4.74 Å². The number of hydrogen-bond acceptors (Lipinski definition) is 3. The summed E-state index contributed by atoms with van der Waals surface area (Å²) in [5, 5.41) is 9.69. The van der Waals surface area contributed by atoms with Crippen molar-refractivity contribution >= 4 is 6.09 Å². The first kappa shape index (κ1) is 12.7. The molecule has 1 unspecified atom stereocenters. The highest BCUT2D eigenvalue weighted by molar-refractivity contribution is 5.68. The average Bonchev–Trinajstić information content (AvgIpc) is 2.12. The lowest BCUT2D eigenvalue weighted by Gasteiger charge is -2.43. The molecule has 2 fully saturated rings. The number of rotatable bonds is 0. The van der Waals surface area contributed by atoms with E-state index in [2.05, 4.69) is 0 Å². The maximum absolute atomic E-state index is 12.0. The molecule has 2 aliphatic rings. The number of aliphatic hydroxyl groups excluding tert-OH is 1. The van der Waals surface area contributed by atoms with Gasteiger partial charge in [-0.2, -0.15) is 0 Å². The van der Waals surface area contributed by atoms with Crippen molar-refractivity contribution in [3.8, 4) is 0 Å². The zero-order valence-corrected chi connectivity index (χ0v) is 11.0. The normalized spacial score (nSPS) is 33.4. The summed E-state index contributed by atoms with van der Waals surface area (Å²) < 4.78 is 5.39. The quantitative estimate of drug-likeness (QED) is 0.706. The number of amides is 1. The van der Waals surface area contributed by atoms with Gasteiger partial charge in [0.1, 0.15) is 5.60 Å². The van der Waals surface area contributed by atoms with Crippen LogP contribution in [0.1, 0.15) is 40.0 Å². The van der Waals surface area contributed by atoms with Crippen molar-refractivity contribution in [2.45, 2.75) is 51.7 Å². The molecule has 0 aromatic heterocycles. The predicted octanol–water partition coefficient (Wildman–Crippen LogP) is 2.01. The minimum Gasteiger partial charge on any atom is -0.444 e. The maximum Gasteiger partial charge on any atom is 0.410 e. The highest BCUT2D eigenvalue weighted by Crippen LogP contribution is 2.35. The van der Waals surface area contributed by atoms with Crippen LogP contribution in [-0.4, -0.2) is 40.9 Å². The van der Waals surface area contributed by atoms with Crippen LogP contribution in [0.2, 0.25) is 0 Å². The Balaban J connectivity index is 1.94. The van der Waals surface area contributed by atoms with Gasteiger partial charge in [-0.3, -0.25) is 0 Å². The molecule has 1 aliphatic carbocycles. The van der Waals surface area contributed by atoms with Gasteiger partial charge >= 0.3 is 6.09 Å². The summed E-state index contributed by atoms with van der Waals surface area (Å²) in [6, 6.07) is 0. The van der Waals surface area contributed by atoms with Gasteiger partial charge in [-0.1, -0.05) is 0 Å². The number of hydrogen-bond donors (Lipinski definition) is 1. The first-order chi connectivity index (χ1) is 7.83. The number of carbonyl (C=O) groups is 1. The molecule has 1 heterocycles. The number of nitrogens with zero attached hydrogens (tertiary/aromatic N) is 1. The topological polar surface area (TPSA) is 49.8 Å². The third-order valence-corrected chi connectivity index (χ3v) is 3.49. The van der Waals surface area contributed by atoms with Crippen LogP contribution in [0.5, 0.6) is 0 Å². The summed E-state index contributed by atoms with van der Waals surface area (Å²) in [4.78, 5) is 13.8. The third-order valence-electron chi connectivity index (χ3n) is 3.49. The molecule has 98 valence electrons. The highest BCUT2D eigenvalue weighted by Gasteiger charge is 2.37. The van der Waals surface area contributed by atoms with E-state index in [1.165, 1.54) is 0 Å². The lowest BCUT2D eigenvalue weighted by atomic mass is 9.76. The summed E-state index contributed by atoms with van der Waals surface area (Å²) in [6.07, 6.45) is 2.44. The Hall–Kier alpha value is -0.770. The summed E-state index contributed by atoms with van der Waals surface area (Å²) >= 11 is 0. The highest BCUT2D eigenvalue weighted by atomic mass is 16.6. The van der Waals surface area contributed by atoms with Crippen molar-refractivity contribution in [3.63, 3.8) is 0 Å². The van der Waals surface area contributed by atoms with Gasteiger partial charge < -0.3 is 14.7 Å². The average molecular weight is 241 g/mol. The SMILES string of the molecule is CC(C)(C)OC(=O)N1C[C@@H]2CC(O)C[C@@H](C2)C1. The summed E-state index contributed by atoms with van der Waals surface area (Å²) in [5.41, 5.74) is -0.427. The lowest BCUT2D eigenvalue weighted by molar-refractivity contribution is -0.0179. The zero-order valence-electron chi connectivity index (χ0n) is 11.0. The Kier molecular flexibility index (Phi) is 3.34. The van der Waals surface area contributed by atoms with E-state index in [1.807, 2.05) is 25.7 Å². The van der Waals surface area contributed by atoms with E-state index in [9.17, 15) is 9.90 Å². The molecule has 1 saturated heterocycles. The second-order valence-corrected chi connectivity index (χ2v) is 6.48. The molecule has 2 bridgehead atoms. The minimum absolute atomic E-state index is 0.167. The monoisotopic (exact) mass is 241 g/mol. The van der Waals surface area contributed by atoms with Gasteiger partial charge in [0, 0.05) is 13.1 Å². The summed E-state index contributed by atoms with van der Waals surface area (Å²) in [5.74, 6) is 0.898. The van der Waals surface area contributed by atoms with Gasteiger partial charge in [-0.05, 0) is 51.9 Å². The van der Waals surface area contributed by atoms with Crippen LogP contribution in [0.4, 0.5) is 4.79 Å². The molecule has 1 aliphatic heterocycles. The minimum atomic E-state index is -0.427. The van der Waals surface area contributed by atoms with Gasteiger partial charge in [-0.25, -0.2) is 4.79 Å². The van der Waals surface area contributed by atoms with E-state index < -0.39 is 5.60 Å². The third kappa shape index (κ3) is 3.35. The summed E-state index contributed by atoms with van der Waals surface area (Å²) in [7, 11) is 0. The summed E-state index contributed by atoms with van der Waals surface area (Å²) in [6.45, 7) is 7.14. The Labute approximate surface area is 103 Å². The standard InChI is InChI=1S/C13H23NO3/c1-13(2,3)17-12(16)14-7-9-4-10(8-14)6-11(15)5-9/h9-11,15H,4-8H2,1-3H3/t9-,10+,11?. The van der Waals surface area contributed by atoms with Crippen molar-refractivity contribution in [1.29, 1.82) is 0 Å². The van der Waals surface area contributed by atoms with Crippen LogP contribution in [0.25, 0.3) is 0 Å². The molecule has 4 heteroatoms. The molecule has 0 aromatic carbocycles. The van der Waals surface area contributed by atoms with Crippen molar-refractivity contribution in [1.82, 2.24) is 4.90 Å². The van der Waals surface area contributed by atoms with Crippen LogP contribution in [-0.2, 0) is 4.74 Å².